The number of hydrogen-bond acceptors (Lipinski definition) is 4. The summed E-state index contributed by atoms with van der Waals surface area (Å²) in [7, 11) is -3.81. The highest BCUT2D eigenvalue weighted by atomic mass is 35.5. The number of halogens is 1. The molecule has 0 aromatic heterocycles. The Labute approximate surface area is 176 Å². The summed E-state index contributed by atoms with van der Waals surface area (Å²) in [5.41, 5.74) is 3.10. The van der Waals surface area contributed by atoms with Crippen LogP contribution in [0.3, 0.4) is 0 Å². The van der Waals surface area contributed by atoms with E-state index in [9.17, 15) is 13.2 Å². The summed E-state index contributed by atoms with van der Waals surface area (Å²) in [6.07, 6.45) is 1.56. The molecule has 0 aliphatic carbocycles. The predicted molar refractivity (Wildman–Crippen MR) is 114 cm³/mol. The van der Waals surface area contributed by atoms with Gasteiger partial charge in [-0.25, -0.2) is 8.42 Å². The summed E-state index contributed by atoms with van der Waals surface area (Å²) in [6, 6.07) is 10.3. The van der Waals surface area contributed by atoms with Gasteiger partial charge in [0, 0.05) is 24.3 Å². The van der Waals surface area contributed by atoms with Gasteiger partial charge < -0.3 is 10.1 Å². The molecule has 1 heterocycles. The molecule has 1 saturated heterocycles. The first kappa shape index (κ1) is 21.8. The van der Waals surface area contributed by atoms with E-state index in [0.29, 0.717) is 13.2 Å². The third-order valence-corrected chi connectivity index (χ3v) is 7.40. The summed E-state index contributed by atoms with van der Waals surface area (Å²) < 4.78 is 32.6. The van der Waals surface area contributed by atoms with Crippen LogP contribution < -0.4 is 5.32 Å². The topological polar surface area (TPSA) is 75.7 Å². The highest BCUT2D eigenvalue weighted by molar-refractivity contribution is 7.89. The number of hydrogen-bond donors (Lipinski definition) is 1. The molecule has 2 aromatic rings. The zero-order valence-electron chi connectivity index (χ0n) is 16.6. The zero-order chi connectivity index (χ0) is 21.0. The first-order valence-electron chi connectivity index (χ1n) is 9.68. The molecule has 0 radical (unpaired) electrons. The second-order valence-corrected chi connectivity index (χ2v) is 9.09. The molecule has 29 heavy (non-hydrogen) atoms. The Morgan fingerprint density at radius 2 is 1.72 bits per heavy atom. The van der Waals surface area contributed by atoms with Crippen molar-refractivity contribution in [3.8, 4) is 0 Å². The lowest BCUT2D eigenvalue weighted by Gasteiger charge is -2.26. The van der Waals surface area contributed by atoms with Crippen LogP contribution in [-0.2, 0) is 27.6 Å². The number of amides is 1. The van der Waals surface area contributed by atoms with Crippen molar-refractivity contribution in [1.82, 2.24) is 4.31 Å². The van der Waals surface area contributed by atoms with Crippen molar-refractivity contribution in [3.05, 3.63) is 58.1 Å². The van der Waals surface area contributed by atoms with Gasteiger partial charge in [-0.1, -0.05) is 43.6 Å². The number of carbonyl (C=O) groups is 1. The summed E-state index contributed by atoms with van der Waals surface area (Å²) in [5.74, 6) is -0.365. The molecule has 0 spiro atoms. The number of carbonyl (C=O) groups excluding carboxylic acids is 1. The number of para-hydroxylation sites is 1. The summed E-state index contributed by atoms with van der Waals surface area (Å²) in [6.45, 7) is 5.26. The van der Waals surface area contributed by atoms with Gasteiger partial charge in [0.25, 0.3) is 5.91 Å². The van der Waals surface area contributed by atoms with Crippen LogP contribution in [0.5, 0.6) is 0 Å². The highest BCUT2D eigenvalue weighted by Crippen LogP contribution is 2.28. The molecule has 0 atom stereocenters. The number of benzene rings is 2. The first-order chi connectivity index (χ1) is 13.9. The number of anilines is 1. The number of rotatable bonds is 6. The van der Waals surface area contributed by atoms with E-state index in [1.165, 1.54) is 22.5 Å². The molecule has 8 heteroatoms. The van der Waals surface area contributed by atoms with Crippen LogP contribution in [0.15, 0.2) is 41.3 Å². The van der Waals surface area contributed by atoms with E-state index in [1.807, 2.05) is 32.0 Å². The standard InChI is InChI=1S/C21H25ClN2O4S/c1-3-15-6-5-7-16(4-2)20(15)23-21(25)17-8-9-18(22)19(14-17)29(26,27)24-10-12-28-13-11-24/h5-9,14H,3-4,10-13H2,1-2H3,(H,23,25). The van der Waals surface area contributed by atoms with Crippen molar-refractivity contribution in [1.29, 1.82) is 0 Å². The van der Waals surface area contributed by atoms with Gasteiger partial charge in [0.05, 0.1) is 18.2 Å². The number of morpholine rings is 1. The molecule has 0 unspecified atom stereocenters. The fourth-order valence-electron chi connectivity index (χ4n) is 3.36. The van der Waals surface area contributed by atoms with Gasteiger partial charge in [-0.2, -0.15) is 4.31 Å². The molecule has 3 rings (SSSR count). The molecule has 1 N–H and O–H groups in total. The Morgan fingerprint density at radius 1 is 1.10 bits per heavy atom. The fraction of sp³-hybridized carbons (Fsp3) is 0.381. The largest absolute Gasteiger partial charge is 0.379 e. The molecule has 0 saturated carbocycles. The summed E-state index contributed by atoms with van der Waals surface area (Å²) in [5, 5.41) is 3.06. The van der Waals surface area contributed by atoms with Crippen molar-refractivity contribution in [2.24, 2.45) is 0 Å². The van der Waals surface area contributed by atoms with E-state index in [1.54, 1.807) is 0 Å². The zero-order valence-corrected chi connectivity index (χ0v) is 18.1. The van der Waals surface area contributed by atoms with Crippen LogP contribution >= 0.6 is 11.6 Å². The molecular formula is C21H25ClN2O4S. The van der Waals surface area contributed by atoms with E-state index in [2.05, 4.69) is 5.32 Å². The molecule has 1 aliphatic heterocycles. The molecule has 2 aromatic carbocycles. The molecule has 0 bridgehead atoms. The van der Waals surface area contributed by atoms with Crippen LogP contribution in [-0.4, -0.2) is 44.9 Å². The van der Waals surface area contributed by atoms with E-state index in [0.717, 1.165) is 29.7 Å². The highest BCUT2D eigenvalue weighted by Gasteiger charge is 2.29. The van der Waals surface area contributed by atoms with E-state index >= 15 is 0 Å². The summed E-state index contributed by atoms with van der Waals surface area (Å²) >= 11 is 6.19. The van der Waals surface area contributed by atoms with Gasteiger partial charge in [-0.05, 0) is 42.2 Å². The maximum atomic E-state index is 13.0. The Hall–Kier alpha value is -1.93. The van der Waals surface area contributed by atoms with Gasteiger partial charge in [-0.15, -0.1) is 0 Å². The first-order valence-corrected chi connectivity index (χ1v) is 11.5. The predicted octanol–water partition coefficient (Wildman–Crippen LogP) is 3.74. The minimum absolute atomic E-state index is 0.0618. The Balaban J connectivity index is 1.93. The molecule has 156 valence electrons. The monoisotopic (exact) mass is 436 g/mol. The Morgan fingerprint density at radius 3 is 2.31 bits per heavy atom. The van der Waals surface area contributed by atoms with Crippen LogP contribution in [0.1, 0.15) is 35.3 Å². The van der Waals surface area contributed by atoms with Crippen LogP contribution in [0, 0.1) is 0 Å². The number of nitrogens with zero attached hydrogens (tertiary/aromatic N) is 1. The van der Waals surface area contributed by atoms with Crippen molar-refractivity contribution in [2.45, 2.75) is 31.6 Å². The number of nitrogens with one attached hydrogen (secondary N) is 1. The number of ether oxygens (including phenoxy) is 1. The molecule has 1 fully saturated rings. The maximum absolute atomic E-state index is 13.0. The van der Waals surface area contributed by atoms with Crippen LogP contribution in [0.4, 0.5) is 5.69 Å². The smallest absolute Gasteiger partial charge is 0.255 e. The number of sulfonamides is 1. The lowest BCUT2D eigenvalue weighted by atomic mass is 10.0. The van der Waals surface area contributed by atoms with Gasteiger partial charge in [0.1, 0.15) is 4.90 Å². The third kappa shape index (κ3) is 4.64. The van der Waals surface area contributed by atoms with Gasteiger partial charge in [0.2, 0.25) is 10.0 Å². The van der Waals surface area contributed by atoms with Crippen molar-refractivity contribution in [3.63, 3.8) is 0 Å². The van der Waals surface area contributed by atoms with Gasteiger partial charge >= 0.3 is 0 Å². The van der Waals surface area contributed by atoms with E-state index in [-0.39, 0.29) is 34.5 Å². The lowest BCUT2D eigenvalue weighted by molar-refractivity contribution is 0.0730. The second-order valence-electron chi connectivity index (χ2n) is 6.77. The SMILES string of the molecule is CCc1cccc(CC)c1NC(=O)c1ccc(Cl)c(S(=O)(=O)N2CCOCC2)c1. The molecular weight excluding hydrogens is 412 g/mol. The average Bonchev–Trinajstić information content (AvgIpc) is 2.74. The van der Waals surface area contributed by atoms with E-state index < -0.39 is 10.0 Å². The number of aryl methyl sites for hydroxylation is 2. The maximum Gasteiger partial charge on any atom is 0.255 e. The normalized spacial score (nSPS) is 15.3. The van der Waals surface area contributed by atoms with Crippen molar-refractivity contribution < 1.29 is 17.9 Å². The quantitative estimate of drug-likeness (QED) is 0.748. The molecule has 6 nitrogen and oxygen atoms in total. The lowest BCUT2D eigenvalue weighted by Crippen LogP contribution is -2.40. The third-order valence-electron chi connectivity index (χ3n) is 5.02. The van der Waals surface area contributed by atoms with Gasteiger partial charge in [-0.3, -0.25) is 4.79 Å². The second kappa shape index (κ2) is 9.26. The van der Waals surface area contributed by atoms with Gasteiger partial charge in [0.15, 0.2) is 0 Å². The average molecular weight is 437 g/mol. The van der Waals surface area contributed by atoms with Crippen molar-refractivity contribution in [2.75, 3.05) is 31.6 Å². The Bertz CT molecular complexity index is 979. The van der Waals surface area contributed by atoms with Crippen LogP contribution in [0.2, 0.25) is 5.02 Å². The van der Waals surface area contributed by atoms with Crippen molar-refractivity contribution >= 4 is 33.2 Å². The van der Waals surface area contributed by atoms with Crippen LogP contribution in [0.25, 0.3) is 0 Å². The van der Waals surface area contributed by atoms with E-state index in [4.69, 9.17) is 16.3 Å². The Kier molecular flexibility index (Phi) is 6.95. The fourth-order valence-corrected chi connectivity index (χ4v) is 5.27. The molecule has 1 amide bonds. The minimum atomic E-state index is -3.81. The minimum Gasteiger partial charge on any atom is -0.379 e. The molecule has 1 aliphatic rings. The summed E-state index contributed by atoms with van der Waals surface area (Å²) in [4.78, 5) is 12.9.